The fraction of sp³-hybridized carbons (Fsp3) is 0. The average molecular weight is 317 g/mol. The molecule has 2 aromatic rings. The minimum atomic E-state index is -0.384. The van der Waals surface area contributed by atoms with Crippen LogP contribution in [0.2, 0.25) is 0 Å². The monoisotopic (exact) mass is 316 g/mol. The largest absolute Gasteiger partial charge is 0.283 e. The maximum Gasteiger partial charge on any atom is 0.283 e. The standard InChI is InChI=1S/C9H5BrN2O2S2/c10-8-5-15-9(11-8)16-7-4-2-1-3-6(7)12(13)14/h1-5H. The predicted molar refractivity (Wildman–Crippen MR) is 67.0 cm³/mol. The molecule has 0 saturated heterocycles. The van der Waals surface area contributed by atoms with Crippen molar-refractivity contribution in [3.05, 3.63) is 44.4 Å². The van der Waals surface area contributed by atoms with Crippen molar-refractivity contribution < 1.29 is 4.92 Å². The smallest absolute Gasteiger partial charge is 0.258 e. The van der Waals surface area contributed by atoms with Crippen LogP contribution in [0.25, 0.3) is 0 Å². The number of rotatable bonds is 3. The highest BCUT2D eigenvalue weighted by molar-refractivity contribution is 9.10. The number of nitro benzene ring substituents is 1. The second-order valence-corrected chi connectivity index (χ2v) is 5.72. The van der Waals surface area contributed by atoms with Gasteiger partial charge in [0.25, 0.3) is 5.69 Å². The van der Waals surface area contributed by atoms with Crippen molar-refractivity contribution in [2.75, 3.05) is 0 Å². The molecule has 0 spiro atoms. The maximum atomic E-state index is 10.8. The molecule has 1 aromatic carbocycles. The summed E-state index contributed by atoms with van der Waals surface area (Å²) in [5.41, 5.74) is 0.110. The van der Waals surface area contributed by atoms with Crippen LogP contribution in [0, 0.1) is 10.1 Å². The molecular weight excluding hydrogens is 312 g/mol. The van der Waals surface area contributed by atoms with E-state index in [1.807, 2.05) is 5.38 Å². The van der Waals surface area contributed by atoms with E-state index in [2.05, 4.69) is 20.9 Å². The first-order valence-electron chi connectivity index (χ1n) is 4.19. The number of nitrogens with zero attached hydrogens (tertiary/aromatic N) is 2. The van der Waals surface area contributed by atoms with Crippen LogP contribution in [0.5, 0.6) is 0 Å². The first kappa shape index (κ1) is 11.6. The highest BCUT2D eigenvalue weighted by Gasteiger charge is 2.14. The number of thiazole rings is 1. The second kappa shape index (κ2) is 4.94. The van der Waals surface area contributed by atoms with Crippen molar-refractivity contribution in [2.24, 2.45) is 0 Å². The summed E-state index contributed by atoms with van der Waals surface area (Å²) in [4.78, 5) is 15.2. The van der Waals surface area contributed by atoms with Crippen LogP contribution >= 0.6 is 39.0 Å². The molecule has 0 unspecified atom stereocenters. The number of benzene rings is 1. The van der Waals surface area contributed by atoms with Gasteiger partial charge in [0, 0.05) is 11.4 Å². The van der Waals surface area contributed by atoms with Crippen molar-refractivity contribution in [1.29, 1.82) is 0 Å². The molecule has 82 valence electrons. The van der Waals surface area contributed by atoms with Crippen molar-refractivity contribution in [2.45, 2.75) is 9.24 Å². The third kappa shape index (κ3) is 2.60. The van der Waals surface area contributed by atoms with Crippen molar-refractivity contribution in [3.63, 3.8) is 0 Å². The summed E-state index contributed by atoms with van der Waals surface area (Å²) in [6.45, 7) is 0. The van der Waals surface area contributed by atoms with E-state index in [1.54, 1.807) is 18.2 Å². The summed E-state index contributed by atoms with van der Waals surface area (Å²) >= 11 is 5.99. The Balaban J connectivity index is 2.31. The van der Waals surface area contributed by atoms with Gasteiger partial charge in [0.2, 0.25) is 0 Å². The Labute approximate surface area is 108 Å². The molecular formula is C9H5BrN2O2S2. The summed E-state index contributed by atoms with van der Waals surface area (Å²) in [5.74, 6) is 0. The summed E-state index contributed by atoms with van der Waals surface area (Å²) in [6, 6.07) is 6.64. The highest BCUT2D eigenvalue weighted by atomic mass is 79.9. The number of hydrogen-bond donors (Lipinski definition) is 0. The zero-order valence-corrected chi connectivity index (χ0v) is 11.0. The molecule has 0 aliphatic rings. The third-order valence-electron chi connectivity index (χ3n) is 1.71. The SMILES string of the molecule is O=[N+]([O-])c1ccccc1Sc1nc(Br)cs1. The van der Waals surface area contributed by atoms with E-state index >= 15 is 0 Å². The van der Waals surface area contributed by atoms with Gasteiger partial charge >= 0.3 is 0 Å². The molecule has 0 amide bonds. The van der Waals surface area contributed by atoms with Crippen LogP contribution < -0.4 is 0 Å². The number of halogens is 1. The molecule has 0 saturated carbocycles. The fourth-order valence-corrected chi connectivity index (χ4v) is 3.50. The molecule has 0 fully saturated rings. The van der Waals surface area contributed by atoms with Crippen molar-refractivity contribution in [3.8, 4) is 0 Å². The van der Waals surface area contributed by atoms with Gasteiger partial charge in [0.15, 0.2) is 4.34 Å². The third-order valence-corrected chi connectivity index (χ3v) is 4.43. The molecule has 16 heavy (non-hydrogen) atoms. The topological polar surface area (TPSA) is 56.0 Å². The lowest BCUT2D eigenvalue weighted by molar-refractivity contribution is -0.387. The summed E-state index contributed by atoms with van der Waals surface area (Å²) in [7, 11) is 0. The fourth-order valence-electron chi connectivity index (χ4n) is 1.07. The Morgan fingerprint density at radius 2 is 2.19 bits per heavy atom. The van der Waals surface area contributed by atoms with Crippen LogP contribution in [-0.2, 0) is 0 Å². The Morgan fingerprint density at radius 3 is 2.81 bits per heavy atom. The van der Waals surface area contributed by atoms with Crippen molar-refractivity contribution in [1.82, 2.24) is 4.98 Å². The molecule has 0 atom stereocenters. The van der Waals surface area contributed by atoms with Crippen LogP contribution in [-0.4, -0.2) is 9.91 Å². The average Bonchev–Trinajstić information content (AvgIpc) is 2.64. The maximum absolute atomic E-state index is 10.8. The molecule has 1 heterocycles. The second-order valence-electron chi connectivity index (χ2n) is 2.76. The van der Waals surface area contributed by atoms with Gasteiger partial charge in [-0.15, -0.1) is 11.3 Å². The summed E-state index contributed by atoms with van der Waals surface area (Å²) < 4.78 is 1.53. The van der Waals surface area contributed by atoms with E-state index in [9.17, 15) is 10.1 Å². The van der Waals surface area contributed by atoms with Gasteiger partial charge < -0.3 is 0 Å². The molecule has 0 aliphatic heterocycles. The first-order chi connectivity index (χ1) is 7.66. The molecule has 0 radical (unpaired) electrons. The van der Waals surface area contributed by atoms with Gasteiger partial charge in [-0.2, -0.15) is 0 Å². The minimum absolute atomic E-state index is 0.110. The van der Waals surface area contributed by atoms with Gasteiger partial charge in [-0.1, -0.05) is 23.9 Å². The normalized spacial score (nSPS) is 10.3. The lowest BCUT2D eigenvalue weighted by atomic mass is 10.3. The van der Waals surface area contributed by atoms with E-state index in [1.165, 1.54) is 29.2 Å². The Hall–Kier alpha value is -0.920. The zero-order valence-electron chi connectivity index (χ0n) is 7.79. The number of para-hydroxylation sites is 1. The molecule has 0 aliphatic carbocycles. The molecule has 7 heteroatoms. The van der Waals surface area contributed by atoms with E-state index in [4.69, 9.17) is 0 Å². The minimum Gasteiger partial charge on any atom is -0.258 e. The van der Waals surface area contributed by atoms with E-state index in [0.29, 0.717) is 4.90 Å². The Bertz CT molecular complexity index is 530. The van der Waals surface area contributed by atoms with Gasteiger partial charge in [-0.05, 0) is 22.0 Å². The van der Waals surface area contributed by atoms with Crippen LogP contribution in [0.1, 0.15) is 0 Å². The Kier molecular flexibility index (Phi) is 3.57. The lowest BCUT2D eigenvalue weighted by Gasteiger charge is -1.98. The Morgan fingerprint density at radius 1 is 1.44 bits per heavy atom. The van der Waals surface area contributed by atoms with Gasteiger partial charge in [0.05, 0.1) is 9.82 Å². The molecule has 1 aromatic heterocycles. The summed E-state index contributed by atoms with van der Waals surface area (Å²) in [6.07, 6.45) is 0. The molecule has 0 bridgehead atoms. The predicted octanol–water partition coefficient (Wildman–Crippen LogP) is 3.97. The van der Waals surface area contributed by atoms with Crippen LogP contribution in [0.15, 0.2) is 43.5 Å². The summed E-state index contributed by atoms with van der Waals surface area (Å²) in [5, 5.41) is 12.6. The number of nitro groups is 1. The van der Waals surface area contributed by atoms with E-state index < -0.39 is 0 Å². The number of aromatic nitrogens is 1. The first-order valence-corrected chi connectivity index (χ1v) is 6.68. The molecule has 4 nitrogen and oxygen atoms in total. The van der Waals surface area contributed by atoms with E-state index in [-0.39, 0.29) is 10.6 Å². The van der Waals surface area contributed by atoms with Gasteiger partial charge in [-0.25, -0.2) is 4.98 Å². The van der Waals surface area contributed by atoms with Crippen LogP contribution in [0.3, 0.4) is 0 Å². The zero-order chi connectivity index (χ0) is 11.5. The van der Waals surface area contributed by atoms with Gasteiger partial charge in [0.1, 0.15) is 4.60 Å². The van der Waals surface area contributed by atoms with E-state index in [0.717, 1.165) is 8.94 Å². The highest BCUT2D eigenvalue weighted by Crippen LogP contribution is 2.36. The quantitative estimate of drug-likeness (QED) is 0.635. The van der Waals surface area contributed by atoms with Crippen molar-refractivity contribution >= 4 is 44.7 Å². The molecule has 0 N–H and O–H groups in total. The lowest BCUT2D eigenvalue weighted by Crippen LogP contribution is -1.89. The molecule has 2 rings (SSSR count). The number of hydrogen-bond acceptors (Lipinski definition) is 5. The van der Waals surface area contributed by atoms with Gasteiger partial charge in [-0.3, -0.25) is 10.1 Å². The van der Waals surface area contributed by atoms with Crippen LogP contribution in [0.4, 0.5) is 5.69 Å².